The first-order valence-electron chi connectivity index (χ1n) is 10.2. The maximum Gasteiger partial charge on any atom is 0.326 e. The number of aliphatic carboxylic acids is 1. The largest absolute Gasteiger partial charge is 0.480 e. The van der Waals surface area contributed by atoms with E-state index in [-0.39, 0.29) is 17.3 Å². The molecule has 0 saturated heterocycles. The summed E-state index contributed by atoms with van der Waals surface area (Å²) in [5, 5.41) is 17.0. The monoisotopic (exact) mass is 494 g/mol. The zero-order valence-electron chi connectivity index (χ0n) is 17.5. The molecule has 0 spiro atoms. The molecule has 34 heavy (non-hydrogen) atoms. The van der Waals surface area contributed by atoms with Crippen LogP contribution in [0.2, 0.25) is 0 Å². The van der Waals surface area contributed by atoms with Gasteiger partial charge in [0.15, 0.2) is 0 Å². The van der Waals surface area contributed by atoms with Crippen molar-refractivity contribution >= 4 is 38.2 Å². The lowest BCUT2D eigenvalue weighted by Gasteiger charge is -2.23. The molecule has 3 heterocycles. The van der Waals surface area contributed by atoms with E-state index in [4.69, 9.17) is 0 Å². The second-order valence-electron chi connectivity index (χ2n) is 7.55. The fourth-order valence-corrected chi connectivity index (χ4v) is 7.03. The van der Waals surface area contributed by atoms with Crippen molar-refractivity contribution in [3.05, 3.63) is 95.1 Å². The van der Waals surface area contributed by atoms with Gasteiger partial charge in [-0.15, -0.1) is 11.3 Å². The number of carbonyl (C=O) groups excluding carboxylic acids is 1. The summed E-state index contributed by atoms with van der Waals surface area (Å²) in [6.45, 7) is -0.0807. The molecule has 2 aromatic carbocycles. The molecule has 0 bridgehead atoms. The SMILES string of the molecule is O=C(Nc1cc2c(s1)CN(C(C(=O)O)c1ccccc1)S2(=O)=O)c1ccc(-n2cccn2)cc1. The molecule has 2 N–H and O–H groups in total. The average molecular weight is 495 g/mol. The Kier molecular flexibility index (Phi) is 5.52. The van der Waals surface area contributed by atoms with E-state index in [9.17, 15) is 23.1 Å². The highest BCUT2D eigenvalue weighted by atomic mass is 32.2. The van der Waals surface area contributed by atoms with Crippen LogP contribution >= 0.6 is 11.3 Å². The topological polar surface area (TPSA) is 122 Å². The van der Waals surface area contributed by atoms with Crippen LogP contribution < -0.4 is 5.32 Å². The number of anilines is 1. The lowest BCUT2D eigenvalue weighted by atomic mass is 10.1. The Morgan fingerprint density at radius 3 is 2.41 bits per heavy atom. The van der Waals surface area contributed by atoms with E-state index in [2.05, 4.69) is 10.4 Å². The number of fused-ring (bicyclic) bond motifs is 1. The number of carbonyl (C=O) groups is 2. The quantitative estimate of drug-likeness (QED) is 0.423. The minimum absolute atomic E-state index is 0.0176. The summed E-state index contributed by atoms with van der Waals surface area (Å²) in [7, 11) is -4.05. The van der Waals surface area contributed by atoms with E-state index in [1.807, 2.05) is 0 Å². The molecule has 1 amide bonds. The van der Waals surface area contributed by atoms with E-state index >= 15 is 0 Å². The number of rotatable bonds is 6. The minimum Gasteiger partial charge on any atom is -0.480 e. The van der Waals surface area contributed by atoms with Crippen LogP contribution in [0.3, 0.4) is 0 Å². The van der Waals surface area contributed by atoms with Gasteiger partial charge >= 0.3 is 5.97 Å². The van der Waals surface area contributed by atoms with Gasteiger partial charge in [0, 0.05) is 22.8 Å². The number of hydrogen-bond acceptors (Lipinski definition) is 6. The van der Waals surface area contributed by atoms with Gasteiger partial charge in [-0.25, -0.2) is 13.1 Å². The molecule has 0 fully saturated rings. The molecule has 1 aliphatic rings. The third kappa shape index (κ3) is 3.89. The molecular formula is C23H18N4O5S2. The third-order valence-corrected chi connectivity index (χ3v) is 8.47. The van der Waals surface area contributed by atoms with Gasteiger partial charge in [-0.1, -0.05) is 30.3 Å². The molecule has 5 rings (SSSR count). The number of aromatic nitrogens is 2. The Morgan fingerprint density at radius 2 is 1.79 bits per heavy atom. The van der Waals surface area contributed by atoms with E-state index < -0.39 is 22.0 Å². The number of sulfonamides is 1. The van der Waals surface area contributed by atoms with Gasteiger partial charge in [-0.05, 0) is 42.0 Å². The lowest BCUT2D eigenvalue weighted by molar-refractivity contribution is -0.141. The number of hydrogen-bond donors (Lipinski definition) is 2. The molecule has 0 radical (unpaired) electrons. The van der Waals surface area contributed by atoms with Crippen LogP contribution in [0.1, 0.15) is 26.8 Å². The molecule has 1 unspecified atom stereocenters. The van der Waals surface area contributed by atoms with Crippen LogP contribution in [-0.4, -0.2) is 39.5 Å². The Morgan fingerprint density at radius 1 is 1.06 bits per heavy atom. The fourth-order valence-electron chi connectivity index (χ4n) is 3.82. The summed E-state index contributed by atoms with van der Waals surface area (Å²) in [6.07, 6.45) is 3.45. The molecule has 4 aromatic rings. The summed E-state index contributed by atoms with van der Waals surface area (Å²) in [5.74, 6) is -1.63. The van der Waals surface area contributed by atoms with E-state index in [0.29, 0.717) is 21.0 Å². The van der Waals surface area contributed by atoms with E-state index in [0.717, 1.165) is 21.3 Å². The molecule has 0 aliphatic carbocycles. The second kappa shape index (κ2) is 8.52. The van der Waals surface area contributed by atoms with Crippen LogP contribution in [0.4, 0.5) is 5.00 Å². The Labute approximate surface area is 198 Å². The van der Waals surface area contributed by atoms with Crippen molar-refractivity contribution in [2.24, 2.45) is 0 Å². The standard InChI is InChI=1S/C23H18N4O5S2/c28-22(16-7-9-17(10-8-16)26-12-4-11-24-26)25-20-13-19-18(33-20)14-27(34(19,31)32)21(23(29)30)15-5-2-1-3-6-15/h1-13,21H,14H2,(H,25,28)(H,29,30). The molecule has 9 nitrogen and oxygen atoms in total. The highest BCUT2D eigenvalue weighted by Gasteiger charge is 2.44. The smallest absolute Gasteiger partial charge is 0.326 e. The van der Waals surface area contributed by atoms with Crippen LogP contribution in [0.5, 0.6) is 0 Å². The molecule has 2 aromatic heterocycles. The lowest BCUT2D eigenvalue weighted by Crippen LogP contribution is -2.34. The summed E-state index contributed by atoms with van der Waals surface area (Å²) in [6, 6.07) is 16.9. The van der Waals surface area contributed by atoms with E-state index in [1.54, 1.807) is 77.7 Å². The second-order valence-corrected chi connectivity index (χ2v) is 10.5. The highest BCUT2D eigenvalue weighted by molar-refractivity contribution is 7.89. The van der Waals surface area contributed by atoms with Gasteiger partial charge in [0.25, 0.3) is 5.91 Å². The van der Waals surface area contributed by atoms with Crippen molar-refractivity contribution in [1.29, 1.82) is 0 Å². The Balaban J connectivity index is 1.35. The number of thiophene rings is 1. The van der Waals surface area contributed by atoms with Crippen molar-refractivity contribution in [2.45, 2.75) is 17.5 Å². The van der Waals surface area contributed by atoms with Crippen LogP contribution in [-0.2, 0) is 21.4 Å². The summed E-state index contributed by atoms with van der Waals surface area (Å²) in [4.78, 5) is 25.1. The molecule has 0 saturated carbocycles. The Hall–Kier alpha value is -3.80. The predicted octanol–water partition coefficient (Wildman–Crippen LogP) is 3.52. The number of nitrogens with one attached hydrogen (secondary N) is 1. The van der Waals surface area contributed by atoms with Crippen molar-refractivity contribution in [2.75, 3.05) is 5.32 Å². The van der Waals surface area contributed by atoms with Crippen molar-refractivity contribution in [3.63, 3.8) is 0 Å². The first-order chi connectivity index (χ1) is 16.3. The number of carboxylic acids is 1. The minimum atomic E-state index is -4.05. The number of carboxylic acid groups (broad SMARTS) is 1. The molecule has 11 heteroatoms. The number of benzene rings is 2. The van der Waals surface area contributed by atoms with Gasteiger partial charge in [0.2, 0.25) is 10.0 Å². The van der Waals surface area contributed by atoms with Gasteiger partial charge in [0.1, 0.15) is 6.04 Å². The zero-order valence-corrected chi connectivity index (χ0v) is 19.2. The van der Waals surface area contributed by atoms with Crippen molar-refractivity contribution in [3.8, 4) is 5.69 Å². The van der Waals surface area contributed by atoms with Crippen LogP contribution in [0.15, 0.2) is 84.0 Å². The first-order valence-corrected chi connectivity index (χ1v) is 12.4. The molecular weight excluding hydrogens is 476 g/mol. The summed E-state index contributed by atoms with van der Waals surface area (Å²) in [5.41, 5.74) is 1.58. The van der Waals surface area contributed by atoms with Gasteiger partial charge in [0.05, 0.1) is 22.1 Å². The van der Waals surface area contributed by atoms with Crippen molar-refractivity contribution in [1.82, 2.24) is 14.1 Å². The average Bonchev–Trinajstić information content (AvgIpc) is 3.54. The normalized spacial score (nSPS) is 15.5. The molecule has 172 valence electrons. The Bertz CT molecular complexity index is 1460. The maximum atomic E-state index is 13.2. The van der Waals surface area contributed by atoms with Crippen LogP contribution in [0.25, 0.3) is 5.69 Å². The highest BCUT2D eigenvalue weighted by Crippen LogP contribution is 2.43. The third-order valence-electron chi connectivity index (χ3n) is 5.43. The molecule has 1 atom stereocenters. The van der Waals surface area contributed by atoms with Gasteiger partial charge in [-0.3, -0.25) is 9.59 Å². The summed E-state index contributed by atoms with van der Waals surface area (Å²) >= 11 is 1.12. The molecule has 1 aliphatic heterocycles. The number of nitrogens with zero attached hydrogens (tertiary/aromatic N) is 3. The van der Waals surface area contributed by atoms with E-state index in [1.165, 1.54) is 6.07 Å². The number of amides is 1. The maximum absolute atomic E-state index is 13.2. The van der Waals surface area contributed by atoms with Gasteiger partial charge in [-0.2, -0.15) is 9.40 Å². The zero-order chi connectivity index (χ0) is 23.9. The van der Waals surface area contributed by atoms with Crippen LogP contribution in [0, 0.1) is 0 Å². The van der Waals surface area contributed by atoms with Crippen molar-refractivity contribution < 1.29 is 23.1 Å². The fraction of sp³-hybridized carbons (Fsp3) is 0.0870. The summed E-state index contributed by atoms with van der Waals surface area (Å²) < 4.78 is 29.0. The first kappa shape index (κ1) is 22.0. The predicted molar refractivity (Wildman–Crippen MR) is 125 cm³/mol. The van der Waals surface area contributed by atoms with Gasteiger partial charge < -0.3 is 10.4 Å².